The second-order valence-corrected chi connectivity index (χ2v) is 6.62. The molecular formula is C16H22O3. The molecule has 0 unspecified atom stereocenters. The fraction of sp³-hybridized carbons (Fsp3) is 0.562. The molecule has 0 spiro atoms. The summed E-state index contributed by atoms with van der Waals surface area (Å²) in [7, 11) is 0. The first-order chi connectivity index (χ1) is 8.68. The first kappa shape index (κ1) is 14.1. The minimum Gasteiger partial charge on any atom is -0.480 e. The molecule has 0 aromatic heterocycles. The lowest BCUT2D eigenvalue weighted by Gasteiger charge is -2.40. The van der Waals surface area contributed by atoms with Crippen LogP contribution in [0.15, 0.2) is 12.1 Å². The smallest absolute Gasteiger partial charge is 0.318 e. The molecule has 0 amide bonds. The number of aliphatic carboxylic acids is 1. The van der Waals surface area contributed by atoms with E-state index in [-0.39, 0.29) is 18.6 Å². The van der Waals surface area contributed by atoms with Gasteiger partial charge in [0, 0.05) is 0 Å². The van der Waals surface area contributed by atoms with Gasteiger partial charge in [0.2, 0.25) is 0 Å². The van der Waals surface area contributed by atoms with Crippen molar-refractivity contribution in [3.05, 3.63) is 34.4 Å². The van der Waals surface area contributed by atoms with Gasteiger partial charge in [-0.3, -0.25) is 4.79 Å². The van der Waals surface area contributed by atoms with E-state index in [2.05, 4.69) is 32.9 Å². The normalized spacial score (nSPS) is 17.9. The van der Waals surface area contributed by atoms with E-state index >= 15 is 0 Å². The molecule has 0 radical (unpaired) electrons. The summed E-state index contributed by atoms with van der Waals surface area (Å²) in [5.74, 6) is -0.784. The van der Waals surface area contributed by atoms with Gasteiger partial charge in [0.05, 0.1) is 13.2 Å². The third-order valence-corrected chi connectivity index (χ3v) is 3.98. The van der Waals surface area contributed by atoms with Gasteiger partial charge in [-0.15, -0.1) is 0 Å². The molecule has 1 aliphatic heterocycles. The van der Waals surface area contributed by atoms with E-state index in [0.29, 0.717) is 0 Å². The maximum Gasteiger partial charge on any atom is 0.318 e. The first-order valence-corrected chi connectivity index (χ1v) is 6.62. The molecule has 0 atom stereocenters. The highest BCUT2D eigenvalue weighted by molar-refractivity contribution is 5.84. The van der Waals surface area contributed by atoms with Gasteiger partial charge in [0.1, 0.15) is 5.41 Å². The van der Waals surface area contributed by atoms with Gasteiger partial charge in [0.15, 0.2) is 0 Å². The molecule has 1 aromatic carbocycles. The molecule has 1 aromatic rings. The van der Waals surface area contributed by atoms with Crippen molar-refractivity contribution in [2.24, 2.45) is 0 Å². The fourth-order valence-electron chi connectivity index (χ4n) is 2.83. The zero-order valence-corrected chi connectivity index (χ0v) is 12.3. The van der Waals surface area contributed by atoms with E-state index in [1.54, 1.807) is 0 Å². The minimum absolute atomic E-state index is 0.0700. The second-order valence-electron chi connectivity index (χ2n) is 6.62. The zero-order chi connectivity index (χ0) is 14.4. The highest BCUT2D eigenvalue weighted by atomic mass is 16.5. The molecule has 1 fully saturated rings. The van der Waals surface area contributed by atoms with Crippen LogP contribution >= 0.6 is 0 Å². The lowest BCUT2D eigenvalue weighted by atomic mass is 9.72. The van der Waals surface area contributed by atoms with Crippen LogP contribution in [-0.2, 0) is 20.4 Å². The third-order valence-electron chi connectivity index (χ3n) is 3.98. The van der Waals surface area contributed by atoms with Crippen molar-refractivity contribution in [1.29, 1.82) is 0 Å². The number of aryl methyl sites for hydroxylation is 2. The summed E-state index contributed by atoms with van der Waals surface area (Å²) in [6.45, 7) is 11.1. The highest BCUT2D eigenvalue weighted by Crippen LogP contribution is 2.38. The Morgan fingerprint density at radius 3 is 1.95 bits per heavy atom. The van der Waals surface area contributed by atoms with Gasteiger partial charge in [-0.25, -0.2) is 0 Å². The van der Waals surface area contributed by atoms with E-state index < -0.39 is 11.4 Å². The van der Waals surface area contributed by atoms with E-state index in [1.807, 2.05) is 13.8 Å². The summed E-state index contributed by atoms with van der Waals surface area (Å²) < 4.78 is 5.18. The number of benzene rings is 1. The Morgan fingerprint density at radius 1 is 1.21 bits per heavy atom. The van der Waals surface area contributed by atoms with Crippen molar-refractivity contribution in [3.8, 4) is 0 Å². The predicted molar refractivity (Wildman–Crippen MR) is 74.7 cm³/mol. The van der Waals surface area contributed by atoms with Gasteiger partial charge in [-0.05, 0) is 41.5 Å². The summed E-state index contributed by atoms with van der Waals surface area (Å²) in [4.78, 5) is 11.6. The van der Waals surface area contributed by atoms with E-state index in [4.69, 9.17) is 4.74 Å². The van der Waals surface area contributed by atoms with Gasteiger partial charge < -0.3 is 9.84 Å². The zero-order valence-electron chi connectivity index (χ0n) is 12.3. The van der Waals surface area contributed by atoms with Gasteiger partial charge in [0.25, 0.3) is 0 Å². The largest absolute Gasteiger partial charge is 0.480 e. The Kier molecular flexibility index (Phi) is 3.21. The molecule has 0 saturated carbocycles. The average molecular weight is 262 g/mol. The molecule has 0 aliphatic carbocycles. The second kappa shape index (κ2) is 4.34. The topological polar surface area (TPSA) is 46.5 Å². The summed E-state index contributed by atoms with van der Waals surface area (Å²) in [6.07, 6.45) is 0. The molecule has 1 aliphatic rings. The van der Waals surface area contributed by atoms with E-state index in [9.17, 15) is 9.90 Å². The Balaban J connectivity index is 2.58. The minimum atomic E-state index is -0.843. The molecule has 19 heavy (non-hydrogen) atoms. The van der Waals surface area contributed by atoms with Crippen LogP contribution in [0.5, 0.6) is 0 Å². The van der Waals surface area contributed by atoms with Crippen molar-refractivity contribution in [2.45, 2.75) is 45.4 Å². The first-order valence-electron chi connectivity index (χ1n) is 6.62. The molecule has 0 bridgehead atoms. The monoisotopic (exact) mass is 262 g/mol. The summed E-state index contributed by atoms with van der Waals surface area (Å²) in [5, 5.41) is 9.54. The maximum absolute atomic E-state index is 11.6. The molecule has 2 rings (SSSR count). The van der Waals surface area contributed by atoms with Crippen molar-refractivity contribution in [2.75, 3.05) is 13.2 Å². The van der Waals surface area contributed by atoms with Crippen LogP contribution in [0, 0.1) is 13.8 Å². The average Bonchev–Trinajstić information content (AvgIpc) is 2.18. The standard InChI is InChI=1S/C16H22O3/c1-10-6-12(15(3,4)5)7-11(2)13(10)16(14(17)18)8-19-9-16/h6-7H,8-9H2,1-5H3,(H,17,18). The summed E-state index contributed by atoms with van der Waals surface area (Å²) in [6, 6.07) is 4.23. The Bertz CT molecular complexity index is 496. The van der Waals surface area contributed by atoms with Crippen LogP contribution in [0.4, 0.5) is 0 Å². The van der Waals surface area contributed by atoms with Crippen LogP contribution in [0.2, 0.25) is 0 Å². The van der Waals surface area contributed by atoms with Crippen LogP contribution in [0.3, 0.4) is 0 Å². The van der Waals surface area contributed by atoms with Crippen LogP contribution < -0.4 is 0 Å². The number of carboxylic acid groups (broad SMARTS) is 1. The number of hydrogen-bond donors (Lipinski definition) is 1. The van der Waals surface area contributed by atoms with Crippen LogP contribution in [-0.4, -0.2) is 24.3 Å². The molecule has 3 heteroatoms. The van der Waals surface area contributed by atoms with E-state index in [1.165, 1.54) is 5.56 Å². The number of rotatable bonds is 2. The van der Waals surface area contributed by atoms with Crippen LogP contribution in [0.1, 0.15) is 43.0 Å². The number of hydrogen-bond acceptors (Lipinski definition) is 2. The van der Waals surface area contributed by atoms with Crippen molar-refractivity contribution >= 4 is 5.97 Å². The quantitative estimate of drug-likeness (QED) is 0.891. The maximum atomic E-state index is 11.6. The van der Waals surface area contributed by atoms with E-state index in [0.717, 1.165) is 16.7 Å². The highest BCUT2D eigenvalue weighted by Gasteiger charge is 2.49. The molecule has 1 heterocycles. The van der Waals surface area contributed by atoms with Crippen molar-refractivity contribution < 1.29 is 14.6 Å². The van der Waals surface area contributed by atoms with Gasteiger partial charge >= 0.3 is 5.97 Å². The Labute approximate surface area is 114 Å². The number of carboxylic acids is 1. The summed E-state index contributed by atoms with van der Waals surface area (Å²) >= 11 is 0. The number of carbonyl (C=O) groups is 1. The summed E-state index contributed by atoms with van der Waals surface area (Å²) in [5.41, 5.74) is 3.50. The van der Waals surface area contributed by atoms with Gasteiger partial charge in [-0.1, -0.05) is 32.9 Å². The van der Waals surface area contributed by atoms with Crippen molar-refractivity contribution in [3.63, 3.8) is 0 Å². The Morgan fingerprint density at radius 2 is 1.68 bits per heavy atom. The molecule has 1 saturated heterocycles. The molecular weight excluding hydrogens is 240 g/mol. The number of ether oxygens (including phenoxy) is 1. The van der Waals surface area contributed by atoms with Gasteiger partial charge in [-0.2, -0.15) is 0 Å². The predicted octanol–water partition coefficient (Wildman–Crippen LogP) is 2.95. The SMILES string of the molecule is Cc1cc(C(C)(C)C)cc(C)c1C1(C(=O)O)COC1. The Hall–Kier alpha value is -1.35. The van der Waals surface area contributed by atoms with Crippen molar-refractivity contribution in [1.82, 2.24) is 0 Å². The lowest BCUT2D eigenvalue weighted by Crippen LogP contribution is -2.53. The van der Waals surface area contributed by atoms with Crippen LogP contribution in [0.25, 0.3) is 0 Å². The lowest BCUT2D eigenvalue weighted by molar-refractivity contribution is -0.163. The third kappa shape index (κ3) is 2.16. The fourth-order valence-corrected chi connectivity index (χ4v) is 2.83. The molecule has 1 N–H and O–H groups in total. The molecule has 3 nitrogen and oxygen atoms in total. The molecule has 104 valence electrons.